The lowest BCUT2D eigenvalue weighted by molar-refractivity contribution is 0.448. The lowest BCUT2D eigenvalue weighted by atomic mass is 9.98. The zero-order chi connectivity index (χ0) is 37.1. The molecule has 0 fully saturated rings. The van der Waals surface area contributed by atoms with Crippen LogP contribution in [0.2, 0.25) is 0 Å². The number of hydrogen-bond donors (Lipinski definition) is 0. The van der Waals surface area contributed by atoms with E-state index in [-0.39, 0.29) is 0 Å². The molecule has 0 atom stereocenters. The molecule has 0 unspecified atom stereocenters. The van der Waals surface area contributed by atoms with E-state index in [2.05, 4.69) is 54.1 Å². The summed E-state index contributed by atoms with van der Waals surface area (Å²) in [5.74, 6) is 5.27. The summed E-state index contributed by atoms with van der Waals surface area (Å²) in [5.41, 5.74) is 6.16. The normalized spacial score (nSPS) is 11.1. The molecule has 0 aliphatic heterocycles. The third-order valence-corrected chi connectivity index (χ3v) is 9.12. The minimum atomic E-state index is 0.503. The average molecular weight is 720 g/mol. The standard InChI is InChI=1S/C46H33N5O4/c1-30-10-7-11-31(2)45(30)32-28-49-46(50-29-32)51-41-26-37(52-33-12-8-14-35(24-33)54-43-16-3-5-22-47-43)18-20-39(41)40-21-19-38(27-42(40)51)53-34-13-9-15-36(25-34)55-44-17-4-6-23-48-44/h3-29H,1-2H3. The van der Waals surface area contributed by atoms with Crippen molar-refractivity contribution in [1.29, 1.82) is 0 Å². The Balaban J connectivity index is 1.10. The molecule has 9 nitrogen and oxygen atoms in total. The highest BCUT2D eigenvalue weighted by atomic mass is 16.5. The zero-order valence-electron chi connectivity index (χ0n) is 30.0. The van der Waals surface area contributed by atoms with Gasteiger partial charge in [0, 0.05) is 77.5 Å². The molecule has 0 amide bonds. The number of benzene rings is 5. The van der Waals surface area contributed by atoms with Gasteiger partial charge < -0.3 is 18.9 Å². The molecule has 0 saturated carbocycles. The van der Waals surface area contributed by atoms with Crippen molar-refractivity contribution >= 4 is 21.8 Å². The first-order chi connectivity index (χ1) is 27.0. The molecular formula is C46H33N5O4. The first kappa shape index (κ1) is 33.3. The third-order valence-electron chi connectivity index (χ3n) is 9.12. The molecule has 0 bridgehead atoms. The highest BCUT2D eigenvalue weighted by Crippen LogP contribution is 2.38. The summed E-state index contributed by atoms with van der Waals surface area (Å²) in [6.07, 6.45) is 7.15. The average Bonchev–Trinajstić information content (AvgIpc) is 3.52. The molecule has 9 aromatic rings. The van der Waals surface area contributed by atoms with Crippen molar-refractivity contribution in [3.63, 3.8) is 0 Å². The van der Waals surface area contributed by atoms with Crippen molar-refractivity contribution < 1.29 is 18.9 Å². The molecule has 266 valence electrons. The summed E-state index contributed by atoms with van der Waals surface area (Å²) >= 11 is 0. The number of aryl methyl sites for hydroxylation is 2. The Morgan fingerprint density at radius 2 is 0.873 bits per heavy atom. The summed E-state index contributed by atoms with van der Waals surface area (Å²) in [6, 6.07) is 44.3. The van der Waals surface area contributed by atoms with Gasteiger partial charge >= 0.3 is 0 Å². The molecule has 0 saturated heterocycles. The van der Waals surface area contributed by atoms with Crippen LogP contribution in [-0.4, -0.2) is 24.5 Å². The number of ether oxygens (including phenoxy) is 4. The Morgan fingerprint density at radius 3 is 1.35 bits per heavy atom. The van der Waals surface area contributed by atoms with Crippen LogP contribution < -0.4 is 18.9 Å². The van der Waals surface area contributed by atoms with Crippen LogP contribution in [0.4, 0.5) is 0 Å². The lowest BCUT2D eigenvalue weighted by Crippen LogP contribution is -2.01. The summed E-state index contributed by atoms with van der Waals surface area (Å²) < 4.78 is 26.8. The van der Waals surface area contributed by atoms with Crippen LogP contribution in [0.3, 0.4) is 0 Å². The highest BCUT2D eigenvalue weighted by Gasteiger charge is 2.18. The van der Waals surface area contributed by atoms with Crippen LogP contribution in [0.15, 0.2) is 164 Å². The predicted molar refractivity (Wildman–Crippen MR) is 213 cm³/mol. The molecule has 0 radical (unpaired) electrons. The van der Waals surface area contributed by atoms with Crippen LogP contribution in [0, 0.1) is 13.8 Å². The van der Waals surface area contributed by atoms with E-state index in [1.807, 2.05) is 126 Å². The second-order valence-electron chi connectivity index (χ2n) is 12.9. The molecule has 9 heteroatoms. The first-order valence-corrected chi connectivity index (χ1v) is 17.7. The van der Waals surface area contributed by atoms with E-state index in [0.29, 0.717) is 52.2 Å². The molecule has 0 aliphatic carbocycles. The van der Waals surface area contributed by atoms with Crippen molar-refractivity contribution in [2.75, 3.05) is 0 Å². The van der Waals surface area contributed by atoms with E-state index >= 15 is 0 Å². The maximum Gasteiger partial charge on any atom is 0.234 e. The van der Waals surface area contributed by atoms with E-state index in [0.717, 1.165) is 32.9 Å². The fourth-order valence-corrected chi connectivity index (χ4v) is 6.69. The predicted octanol–water partition coefficient (Wildman–Crippen LogP) is 11.8. The van der Waals surface area contributed by atoms with E-state index in [9.17, 15) is 0 Å². The molecule has 9 rings (SSSR count). The summed E-state index contributed by atoms with van der Waals surface area (Å²) in [7, 11) is 0. The molecule has 4 aromatic heterocycles. The number of nitrogens with zero attached hydrogens (tertiary/aromatic N) is 5. The smallest absolute Gasteiger partial charge is 0.234 e. The Morgan fingerprint density at radius 1 is 0.418 bits per heavy atom. The number of hydrogen-bond acceptors (Lipinski definition) is 8. The number of fused-ring (bicyclic) bond motifs is 3. The Labute approximate surface area is 317 Å². The van der Waals surface area contributed by atoms with Gasteiger partial charge in [-0.3, -0.25) is 4.57 Å². The van der Waals surface area contributed by atoms with Crippen LogP contribution >= 0.6 is 0 Å². The molecule has 55 heavy (non-hydrogen) atoms. The van der Waals surface area contributed by atoms with Gasteiger partial charge in [-0.25, -0.2) is 19.9 Å². The largest absolute Gasteiger partial charge is 0.457 e. The molecule has 0 spiro atoms. The van der Waals surface area contributed by atoms with E-state index in [4.69, 9.17) is 28.9 Å². The zero-order valence-corrected chi connectivity index (χ0v) is 30.0. The van der Waals surface area contributed by atoms with E-state index in [1.165, 1.54) is 11.1 Å². The molecule has 0 N–H and O–H groups in total. The van der Waals surface area contributed by atoms with Gasteiger partial charge in [0.25, 0.3) is 0 Å². The van der Waals surface area contributed by atoms with Crippen LogP contribution in [0.5, 0.6) is 46.3 Å². The molecule has 0 aliphatic rings. The lowest BCUT2D eigenvalue weighted by Gasteiger charge is -2.12. The van der Waals surface area contributed by atoms with Crippen molar-refractivity contribution in [2.45, 2.75) is 13.8 Å². The van der Waals surface area contributed by atoms with Gasteiger partial charge in [-0.05, 0) is 91.2 Å². The Hall–Kier alpha value is -7.52. The number of rotatable bonds is 10. The van der Waals surface area contributed by atoms with Crippen LogP contribution in [0.1, 0.15) is 11.1 Å². The van der Waals surface area contributed by atoms with Gasteiger partial charge in [0.05, 0.1) is 11.0 Å². The highest BCUT2D eigenvalue weighted by molar-refractivity contribution is 6.09. The summed E-state index contributed by atoms with van der Waals surface area (Å²) in [6.45, 7) is 4.21. The van der Waals surface area contributed by atoms with Gasteiger partial charge in [-0.15, -0.1) is 0 Å². The monoisotopic (exact) mass is 719 g/mol. The maximum absolute atomic E-state index is 6.42. The molecule has 5 aromatic carbocycles. The third kappa shape index (κ3) is 7.02. The van der Waals surface area contributed by atoms with Crippen molar-refractivity contribution in [2.24, 2.45) is 0 Å². The Kier molecular flexibility index (Phi) is 8.77. The second-order valence-corrected chi connectivity index (χ2v) is 12.9. The van der Waals surface area contributed by atoms with Gasteiger partial charge in [0.15, 0.2) is 0 Å². The number of aromatic nitrogens is 5. The van der Waals surface area contributed by atoms with Gasteiger partial charge in [0.1, 0.15) is 34.5 Å². The second kappa shape index (κ2) is 14.5. The first-order valence-electron chi connectivity index (χ1n) is 17.7. The quantitative estimate of drug-likeness (QED) is 0.138. The van der Waals surface area contributed by atoms with Crippen LogP contribution in [0.25, 0.3) is 38.9 Å². The fourth-order valence-electron chi connectivity index (χ4n) is 6.69. The van der Waals surface area contributed by atoms with Crippen molar-refractivity contribution in [3.8, 4) is 63.3 Å². The summed E-state index contributed by atoms with van der Waals surface area (Å²) in [4.78, 5) is 18.4. The topological polar surface area (TPSA) is 93.4 Å². The number of pyridine rings is 2. The van der Waals surface area contributed by atoms with E-state index < -0.39 is 0 Å². The molecule has 4 heterocycles. The minimum absolute atomic E-state index is 0.503. The fraction of sp³-hybridized carbons (Fsp3) is 0.0435. The summed E-state index contributed by atoms with van der Waals surface area (Å²) in [5, 5.41) is 2.02. The van der Waals surface area contributed by atoms with Crippen molar-refractivity contribution in [3.05, 3.63) is 175 Å². The van der Waals surface area contributed by atoms with Crippen LogP contribution in [-0.2, 0) is 0 Å². The maximum atomic E-state index is 6.42. The minimum Gasteiger partial charge on any atom is -0.457 e. The Bertz CT molecular complexity index is 2620. The van der Waals surface area contributed by atoms with Gasteiger partial charge in [-0.2, -0.15) is 0 Å². The van der Waals surface area contributed by atoms with Crippen molar-refractivity contribution in [1.82, 2.24) is 24.5 Å². The molecular weight excluding hydrogens is 687 g/mol. The SMILES string of the molecule is Cc1cccc(C)c1-c1cnc(-n2c3cc(Oc4cccc(Oc5ccccn5)c4)ccc3c3ccc(Oc4cccc(Oc5ccccn5)c4)cc32)nc1. The van der Waals surface area contributed by atoms with Gasteiger partial charge in [0.2, 0.25) is 17.7 Å². The van der Waals surface area contributed by atoms with Gasteiger partial charge in [-0.1, -0.05) is 42.5 Å². The van der Waals surface area contributed by atoms with E-state index in [1.54, 1.807) is 12.4 Å².